The maximum absolute atomic E-state index is 6.12. The normalized spacial score (nSPS) is 10.2. The van der Waals surface area contributed by atoms with Crippen LogP contribution < -0.4 is 20.5 Å². The van der Waals surface area contributed by atoms with E-state index in [0.717, 1.165) is 15.9 Å². The van der Waals surface area contributed by atoms with Crippen molar-refractivity contribution in [2.24, 2.45) is 0 Å². The van der Waals surface area contributed by atoms with Crippen LogP contribution in [-0.4, -0.2) is 17.1 Å². The lowest BCUT2D eigenvalue weighted by Gasteiger charge is -2.12. The molecule has 0 bridgehead atoms. The molecule has 3 aromatic rings. The Morgan fingerprint density at radius 3 is 2.50 bits per heavy atom. The molecule has 0 atom stereocenters. The van der Waals surface area contributed by atoms with Gasteiger partial charge in [-0.25, -0.2) is 4.98 Å². The van der Waals surface area contributed by atoms with Crippen molar-refractivity contribution in [3.05, 3.63) is 59.3 Å². The predicted molar refractivity (Wildman–Crippen MR) is 96.9 cm³/mol. The van der Waals surface area contributed by atoms with Gasteiger partial charge in [0.15, 0.2) is 5.82 Å². The smallest absolute Gasteiger partial charge is 0.248 e. The Morgan fingerprint density at radius 2 is 1.79 bits per heavy atom. The first-order valence-corrected chi connectivity index (χ1v) is 7.90. The van der Waals surface area contributed by atoms with E-state index in [1.54, 1.807) is 31.4 Å². The van der Waals surface area contributed by atoms with E-state index in [1.165, 1.54) is 6.33 Å². The SMILES string of the molecule is COc1ccc(Oc2ncnc(Nc3cccc(Br)c3)c2N)cc1. The summed E-state index contributed by atoms with van der Waals surface area (Å²) >= 11 is 3.43. The van der Waals surface area contributed by atoms with Crippen LogP contribution in [0.15, 0.2) is 59.3 Å². The molecule has 122 valence electrons. The topological polar surface area (TPSA) is 82.3 Å². The van der Waals surface area contributed by atoms with Crippen molar-refractivity contribution in [2.45, 2.75) is 0 Å². The predicted octanol–water partition coefficient (Wildman–Crippen LogP) is 4.37. The number of hydrogen-bond donors (Lipinski definition) is 2. The fraction of sp³-hybridized carbons (Fsp3) is 0.0588. The van der Waals surface area contributed by atoms with Crippen LogP contribution in [0.2, 0.25) is 0 Å². The number of nitrogens with zero attached hydrogens (tertiary/aromatic N) is 2. The van der Waals surface area contributed by atoms with Crippen LogP contribution in [0.5, 0.6) is 17.4 Å². The lowest BCUT2D eigenvalue weighted by atomic mass is 10.3. The summed E-state index contributed by atoms with van der Waals surface area (Å²) in [5, 5.41) is 3.15. The van der Waals surface area contributed by atoms with Gasteiger partial charge in [-0.05, 0) is 42.5 Å². The zero-order chi connectivity index (χ0) is 16.9. The van der Waals surface area contributed by atoms with Gasteiger partial charge in [0.1, 0.15) is 23.5 Å². The van der Waals surface area contributed by atoms with Gasteiger partial charge in [0.25, 0.3) is 0 Å². The molecule has 0 fully saturated rings. The molecular weight excluding hydrogens is 372 g/mol. The first-order valence-electron chi connectivity index (χ1n) is 7.10. The largest absolute Gasteiger partial charge is 0.497 e. The highest BCUT2D eigenvalue weighted by molar-refractivity contribution is 9.10. The Labute approximate surface area is 147 Å². The molecule has 3 N–H and O–H groups in total. The summed E-state index contributed by atoms with van der Waals surface area (Å²) in [6.45, 7) is 0. The Morgan fingerprint density at radius 1 is 1.04 bits per heavy atom. The molecule has 0 saturated carbocycles. The summed E-state index contributed by atoms with van der Waals surface area (Å²) in [6.07, 6.45) is 1.40. The first-order chi connectivity index (χ1) is 11.7. The molecule has 0 spiro atoms. The van der Waals surface area contributed by atoms with Crippen molar-refractivity contribution >= 4 is 33.1 Å². The van der Waals surface area contributed by atoms with E-state index in [0.29, 0.717) is 17.3 Å². The third-order valence-electron chi connectivity index (χ3n) is 3.21. The number of methoxy groups -OCH3 is 1. The Hall–Kier alpha value is -2.80. The average Bonchev–Trinajstić information content (AvgIpc) is 2.59. The fourth-order valence-electron chi connectivity index (χ4n) is 2.02. The molecule has 1 heterocycles. The first kappa shape index (κ1) is 16.1. The number of hydrogen-bond acceptors (Lipinski definition) is 6. The highest BCUT2D eigenvalue weighted by Gasteiger charge is 2.11. The van der Waals surface area contributed by atoms with Gasteiger partial charge >= 0.3 is 0 Å². The summed E-state index contributed by atoms with van der Waals surface area (Å²) in [5.74, 6) is 2.11. The van der Waals surface area contributed by atoms with Crippen molar-refractivity contribution in [3.8, 4) is 17.4 Å². The summed E-state index contributed by atoms with van der Waals surface area (Å²) in [7, 11) is 1.61. The number of halogens is 1. The van der Waals surface area contributed by atoms with Crippen molar-refractivity contribution in [1.29, 1.82) is 0 Å². The molecule has 0 aliphatic rings. The van der Waals surface area contributed by atoms with Gasteiger partial charge in [-0.3, -0.25) is 0 Å². The van der Waals surface area contributed by atoms with Crippen molar-refractivity contribution in [3.63, 3.8) is 0 Å². The van der Waals surface area contributed by atoms with E-state index in [-0.39, 0.29) is 5.88 Å². The molecule has 1 aromatic heterocycles. The minimum atomic E-state index is 0.285. The molecule has 0 aliphatic carbocycles. The van der Waals surface area contributed by atoms with E-state index in [2.05, 4.69) is 31.2 Å². The third kappa shape index (κ3) is 3.75. The zero-order valence-electron chi connectivity index (χ0n) is 12.9. The monoisotopic (exact) mass is 386 g/mol. The maximum atomic E-state index is 6.12. The van der Waals surface area contributed by atoms with Crippen LogP contribution in [-0.2, 0) is 0 Å². The third-order valence-corrected chi connectivity index (χ3v) is 3.70. The van der Waals surface area contributed by atoms with Crippen LogP contribution in [0.25, 0.3) is 0 Å². The second-order valence-corrected chi connectivity index (χ2v) is 5.77. The van der Waals surface area contributed by atoms with Gasteiger partial charge in [0.2, 0.25) is 5.88 Å². The number of rotatable bonds is 5. The number of nitrogens with one attached hydrogen (secondary N) is 1. The van der Waals surface area contributed by atoms with Crippen LogP contribution in [0.1, 0.15) is 0 Å². The van der Waals surface area contributed by atoms with Gasteiger partial charge in [-0.1, -0.05) is 22.0 Å². The maximum Gasteiger partial charge on any atom is 0.248 e. The lowest BCUT2D eigenvalue weighted by molar-refractivity contribution is 0.412. The van der Waals surface area contributed by atoms with Crippen molar-refractivity contribution in [1.82, 2.24) is 9.97 Å². The Balaban J connectivity index is 1.82. The second-order valence-electron chi connectivity index (χ2n) is 4.85. The standard InChI is InChI=1S/C17H15BrN4O2/c1-23-13-5-7-14(8-6-13)24-17-15(19)16(20-10-21-17)22-12-4-2-3-11(18)9-12/h2-10H,19H2,1H3,(H,20,21,22). The number of ether oxygens (including phenoxy) is 2. The molecule has 0 amide bonds. The van der Waals surface area contributed by atoms with Gasteiger partial charge < -0.3 is 20.5 Å². The summed E-state index contributed by atoms with van der Waals surface area (Å²) in [4.78, 5) is 8.27. The molecule has 7 heteroatoms. The van der Waals surface area contributed by atoms with E-state index in [4.69, 9.17) is 15.2 Å². The van der Waals surface area contributed by atoms with Gasteiger partial charge in [0.05, 0.1) is 7.11 Å². The molecule has 6 nitrogen and oxygen atoms in total. The van der Waals surface area contributed by atoms with Crippen molar-refractivity contribution in [2.75, 3.05) is 18.2 Å². The van der Waals surface area contributed by atoms with Crippen molar-refractivity contribution < 1.29 is 9.47 Å². The van der Waals surface area contributed by atoms with E-state index in [9.17, 15) is 0 Å². The number of aromatic nitrogens is 2. The van der Waals surface area contributed by atoms with Crippen LogP contribution in [0, 0.1) is 0 Å². The van der Waals surface area contributed by atoms with Gasteiger partial charge in [0, 0.05) is 10.2 Å². The molecule has 2 aromatic carbocycles. The quantitative estimate of drug-likeness (QED) is 0.677. The highest BCUT2D eigenvalue weighted by atomic mass is 79.9. The van der Waals surface area contributed by atoms with E-state index >= 15 is 0 Å². The molecule has 0 aliphatic heterocycles. The van der Waals surface area contributed by atoms with Crippen LogP contribution >= 0.6 is 15.9 Å². The number of benzene rings is 2. The minimum Gasteiger partial charge on any atom is -0.497 e. The van der Waals surface area contributed by atoms with Crippen LogP contribution in [0.3, 0.4) is 0 Å². The lowest BCUT2D eigenvalue weighted by Crippen LogP contribution is -2.03. The van der Waals surface area contributed by atoms with E-state index < -0.39 is 0 Å². The number of nitrogen functional groups attached to an aromatic ring is 1. The van der Waals surface area contributed by atoms with Crippen LogP contribution in [0.4, 0.5) is 17.2 Å². The summed E-state index contributed by atoms with van der Waals surface area (Å²) in [5.41, 5.74) is 7.30. The Kier molecular flexibility index (Phi) is 4.81. The zero-order valence-corrected chi connectivity index (χ0v) is 14.4. The van der Waals surface area contributed by atoms with Gasteiger partial charge in [-0.15, -0.1) is 0 Å². The fourth-order valence-corrected chi connectivity index (χ4v) is 2.42. The molecule has 3 rings (SSSR count). The molecule has 0 saturated heterocycles. The molecule has 0 unspecified atom stereocenters. The molecular formula is C17H15BrN4O2. The molecule has 24 heavy (non-hydrogen) atoms. The number of nitrogens with two attached hydrogens (primary N) is 1. The molecule has 0 radical (unpaired) electrons. The average molecular weight is 387 g/mol. The second kappa shape index (κ2) is 7.18. The number of anilines is 3. The highest BCUT2D eigenvalue weighted by Crippen LogP contribution is 2.31. The van der Waals surface area contributed by atoms with Gasteiger partial charge in [-0.2, -0.15) is 4.98 Å². The minimum absolute atomic E-state index is 0.285. The van der Waals surface area contributed by atoms with E-state index in [1.807, 2.05) is 24.3 Å². The summed E-state index contributed by atoms with van der Waals surface area (Å²) < 4.78 is 11.8. The summed E-state index contributed by atoms with van der Waals surface area (Å²) in [6, 6.07) is 14.8. The Bertz CT molecular complexity index is 840.